The van der Waals surface area contributed by atoms with Crippen LogP contribution in [0.5, 0.6) is 0 Å². The summed E-state index contributed by atoms with van der Waals surface area (Å²) in [4.78, 5) is 31.6. The number of carbonyl (C=O) groups excluding carboxylic acids is 2. The highest BCUT2D eigenvalue weighted by Gasteiger charge is 2.31. The van der Waals surface area contributed by atoms with Crippen molar-refractivity contribution in [2.75, 3.05) is 25.0 Å². The largest absolute Gasteiger partial charge is 0.528 e. The third-order valence-corrected chi connectivity index (χ3v) is 5.14. The molecule has 1 saturated heterocycles. The molecule has 2 aliphatic rings. The highest BCUT2D eigenvalue weighted by Crippen LogP contribution is 2.27. The van der Waals surface area contributed by atoms with Crippen molar-refractivity contribution in [2.24, 2.45) is 0 Å². The summed E-state index contributed by atoms with van der Waals surface area (Å²) < 4.78 is 6.19. The van der Waals surface area contributed by atoms with Crippen LogP contribution in [0.1, 0.15) is 39.2 Å². The van der Waals surface area contributed by atoms with Crippen LogP contribution in [0.25, 0.3) is 0 Å². The van der Waals surface area contributed by atoms with E-state index in [2.05, 4.69) is 27.3 Å². The summed E-state index contributed by atoms with van der Waals surface area (Å²) >= 11 is 3.48. The number of hydrogen-bond acceptors (Lipinski definition) is 5. The van der Waals surface area contributed by atoms with Gasteiger partial charge in [-0.25, -0.2) is 9.59 Å². The third kappa shape index (κ3) is 5.35. The summed E-state index contributed by atoms with van der Waals surface area (Å²) in [7, 11) is 0. The molecular formula is C19H26BrN3O4. The van der Waals surface area contributed by atoms with Gasteiger partial charge >= 0.3 is 12.2 Å². The van der Waals surface area contributed by atoms with E-state index in [0.717, 1.165) is 35.0 Å². The zero-order chi connectivity index (χ0) is 19.6. The Kier molecular flexibility index (Phi) is 5.95. The predicted molar refractivity (Wildman–Crippen MR) is 105 cm³/mol. The lowest BCUT2D eigenvalue weighted by Crippen LogP contribution is -2.49. The summed E-state index contributed by atoms with van der Waals surface area (Å²) in [5.41, 5.74) is 1.42. The molecule has 0 aliphatic carbocycles. The average molecular weight is 440 g/mol. The van der Waals surface area contributed by atoms with Gasteiger partial charge in [0.25, 0.3) is 0 Å². The van der Waals surface area contributed by atoms with Gasteiger partial charge in [-0.3, -0.25) is 0 Å². The van der Waals surface area contributed by atoms with E-state index in [4.69, 9.17) is 9.57 Å². The molecule has 2 amide bonds. The number of hydroxylamine groups is 2. The highest BCUT2D eigenvalue weighted by molar-refractivity contribution is 9.10. The lowest BCUT2D eigenvalue weighted by molar-refractivity contribution is -0.155. The van der Waals surface area contributed by atoms with Gasteiger partial charge in [-0.05, 0) is 63.8 Å². The van der Waals surface area contributed by atoms with Crippen molar-refractivity contribution in [1.29, 1.82) is 0 Å². The van der Waals surface area contributed by atoms with E-state index < -0.39 is 11.8 Å². The molecule has 0 aromatic heterocycles. The van der Waals surface area contributed by atoms with E-state index in [9.17, 15) is 9.59 Å². The fourth-order valence-electron chi connectivity index (χ4n) is 3.39. The first-order valence-corrected chi connectivity index (χ1v) is 10.0. The second-order valence-electron chi connectivity index (χ2n) is 7.89. The molecule has 2 heterocycles. The van der Waals surface area contributed by atoms with Crippen LogP contribution in [0.15, 0.2) is 22.7 Å². The monoisotopic (exact) mass is 439 g/mol. The molecule has 0 radical (unpaired) electrons. The quantitative estimate of drug-likeness (QED) is 0.700. The topological polar surface area (TPSA) is 71.1 Å². The molecule has 0 saturated carbocycles. The number of halogens is 1. The van der Waals surface area contributed by atoms with E-state index in [1.54, 1.807) is 25.8 Å². The molecule has 0 unspecified atom stereocenters. The van der Waals surface area contributed by atoms with Crippen molar-refractivity contribution < 1.29 is 19.2 Å². The summed E-state index contributed by atoms with van der Waals surface area (Å²) in [6.07, 6.45) is 1.61. The molecular weight excluding hydrogens is 414 g/mol. The molecule has 1 N–H and O–H groups in total. The second kappa shape index (κ2) is 8.06. The number of urea groups is 1. The van der Waals surface area contributed by atoms with Crippen LogP contribution >= 0.6 is 15.9 Å². The van der Waals surface area contributed by atoms with Crippen LogP contribution in [0, 0.1) is 0 Å². The van der Waals surface area contributed by atoms with E-state index in [1.165, 1.54) is 0 Å². The van der Waals surface area contributed by atoms with Gasteiger partial charge in [-0.15, -0.1) is 5.06 Å². The van der Waals surface area contributed by atoms with Crippen LogP contribution in [0.3, 0.4) is 0 Å². The number of nitrogens with one attached hydrogen (secondary N) is 1. The molecule has 148 valence electrons. The van der Waals surface area contributed by atoms with Crippen LogP contribution in [0.4, 0.5) is 15.3 Å². The number of rotatable bonds is 2. The van der Waals surface area contributed by atoms with E-state index in [-0.39, 0.29) is 12.1 Å². The Morgan fingerprint density at radius 2 is 1.93 bits per heavy atom. The summed E-state index contributed by atoms with van der Waals surface area (Å²) in [6, 6.07) is 5.97. The van der Waals surface area contributed by atoms with Gasteiger partial charge in [-0.2, -0.15) is 0 Å². The summed E-state index contributed by atoms with van der Waals surface area (Å²) in [5, 5.41) is 4.63. The Hall–Kier alpha value is -1.80. The number of carbonyl (C=O) groups is 2. The fourth-order valence-corrected chi connectivity index (χ4v) is 3.80. The van der Waals surface area contributed by atoms with Crippen LogP contribution in [-0.2, 0) is 16.0 Å². The maximum atomic E-state index is 12.7. The molecule has 1 fully saturated rings. The highest BCUT2D eigenvalue weighted by atomic mass is 79.9. The van der Waals surface area contributed by atoms with E-state index in [1.807, 2.05) is 17.0 Å². The number of amides is 2. The Labute approximate surface area is 168 Å². The first-order valence-electron chi connectivity index (χ1n) is 9.23. The minimum Gasteiger partial charge on any atom is -0.427 e. The standard InChI is InChI=1S/C19H26BrN3O4/c1-19(2,3)26-18(25)27-22-9-7-15(8-10-22)23-11-6-13-12-14(20)4-5-16(13)21-17(23)24/h4-5,12,15H,6-11H2,1-3H3,(H,21,24). The van der Waals surface area contributed by atoms with E-state index >= 15 is 0 Å². The first-order chi connectivity index (χ1) is 12.7. The van der Waals surface area contributed by atoms with Gasteiger partial charge in [0, 0.05) is 35.8 Å². The molecule has 8 heteroatoms. The van der Waals surface area contributed by atoms with Gasteiger partial charge in [0.15, 0.2) is 0 Å². The van der Waals surface area contributed by atoms with Crippen molar-refractivity contribution in [3.05, 3.63) is 28.2 Å². The van der Waals surface area contributed by atoms with Gasteiger partial charge in [-0.1, -0.05) is 15.9 Å². The van der Waals surface area contributed by atoms with Crippen molar-refractivity contribution >= 4 is 33.8 Å². The van der Waals surface area contributed by atoms with E-state index in [0.29, 0.717) is 19.6 Å². The second-order valence-corrected chi connectivity index (χ2v) is 8.81. The maximum Gasteiger partial charge on any atom is 0.528 e. The number of hydrogen-bond donors (Lipinski definition) is 1. The molecule has 7 nitrogen and oxygen atoms in total. The minimum atomic E-state index is -0.686. The molecule has 1 aromatic rings. The molecule has 1 aromatic carbocycles. The smallest absolute Gasteiger partial charge is 0.427 e. The Balaban J connectivity index is 1.54. The number of ether oxygens (including phenoxy) is 1. The SMILES string of the molecule is CC(C)(C)OC(=O)ON1CCC(N2CCc3cc(Br)ccc3NC2=O)CC1. The number of piperidine rings is 1. The number of anilines is 1. The Morgan fingerprint density at radius 3 is 2.59 bits per heavy atom. The normalized spacial score (nSPS) is 19.1. The first kappa shape index (κ1) is 19.9. The summed E-state index contributed by atoms with van der Waals surface area (Å²) in [6.45, 7) is 7.23. The van der Waals surface area contributed by atoms with Crippen LogP contribution in [0.2, 0.25) is 0 Å². The Bertz CT molecular complexity index is 711. The number of nitrogens with zero attached hydrogens (tertiary/aromatic N) is 2. The molecule has 0 bridgehead atoms. The molecule has 3 rings (SSSR count). The van der Waals surface area contributed by atoms with Crippen LogP contribution in [-0.4, -0.2) is 53.4 Å². The Morgan fingerprint density at radius 1 is 1.22 bits per heavy atom. The zero-order valence-corrected chi connectivity index (χ0v) is 17.5. The lowest BCUT2D eigenvalue weighted by atomic mass is 10.0. The number of fused-ring (bicyclic) bond motifs is 1. The number of benzene rings is 1. The van der Waals surface area contributed by atoms with Gasteiger partial charge in [0.05, 0.1) is 0 Å². The maximum absolute atomic E-state index is 12.7. The molecule has 0 atom stereocenters. The molecule has 2 aliphatic heterocycles. The van der Waals surface area contributed by atoms with Gasteiger partial charge < -0.3 is 19.8 Å². The average Bonchev–Trinajstić information content (AvgIpc) is 2.72. The molecule has 27 heavy (non-hydrogen) atoms. The molecule has 0 spiro atoms. The minimum absolute atomic E-state index is 0.0671. The van der Waals surface area contributed by atoms with Gasteiger partial charge in [0.2, 0.25) is 0 Å². The van der Waals surface area contributed by atoms with Gasteiger partial charge in [0.1, 0.15) is 5.60 Å². The van der Waals surface area contributed by atoms with Crippen LogP contribution < -0.4 is 5.32 Å². The zero-order valence-electron chi connectivity index (χ0n) is 16.0. The van der Waals surface area contributed by atoms with Crippen molar-refractivity contribution in [3.63, 3.8) is 0 Å². The van der Waals surface area contributed by atoms with Crippen molar-refractivity contribution in [3.8, 4) is 0 Å². The van der Waals surface area contributed by atoms with Crippen molar-refractivity contribution in [1.82, 2.24) is 9.96 Å². The predicted octanol–water partition coefficient (Wildman–Crippen LogP) is 4.17. The third-order valence-electron chi connectivity index (χ3n) is 4.65. The fraction of sp³-hybridized carbons (Fsp3) is 0.579. The summed E-state index contributed by atoms with van der Waals surface area (Å²) in [5.74, 6) is 0. The lowest BCUT2D eigenvalue weighted by Gasteiger charge is -2.36. The van der Waals surface area contributed by atoms with Crippen molar-refractivity contribution in [2.45, 2.75) is 51.7 Å².